The van der Waals surface area contributed by atoms with E-state index in [1.54, 1.807) is 6.07 Å². The van der Waals surface area contributed by atoms with Crippen molar-refractivity contribution < 1.29 is 9.90 Å². The van der Waals surface area contributed by atoms with Gasteiger partial charge in [-0.1, -0.05) is 12.1 Å². The van der Waals surface area contributed by atoms with Crippen LogP contribution in [0.3, 0.4) is 0 Å². The summed E-state index contributed by atoms with van der Waals surface area (Å²) >= 11 is 1.91. The molecule has 1 aromatic carbocycles. The number of carbonyl (C=O) groups excluding carboxylic acids is 1. The van der Waals surface area contributed by atoms with Gasteiger partial charge in [0.1, 0.15) is 5.75 Å². The van der Waals surface area contributed by atoms with Gasteiger partial charge in [0.15, 0.2) is 0 Å². The predicted octanol–water partition coefficient (Wildman–Crippen LogP) is 2.12. The van der Waals surface area contributed by atoms with Gasteiger partial charge >= 0.3 is 6.03 Å². The van der Waals surface area contributed by atoms with Crippen molar-refractivity contribution in [2.24, 2.45) is 0 Å². The third-order valence-electron chi connectivity index (χ3n) is 4.45. The van der Waals surface area contributed by atoms with Crippen LogP contribution < -0.4 is 5.32 Å². The van der Waals surface area contributed by atoms with E-state index in [1.165, 1.54) is 0 Å². The maximum Gasteiger partial charge on any atom is 0.317 e. The Kier molecular flexibility index (Phi) is 5.67. The second kappa shape index (κ2) is 7.93. The molecule has 6 heteroatoms. The van der Waals surface area contributed by atoms with E-state index in [4.69, 9.17) is 0 Å². The number of hydrogen-bond acceptors (Lipinski definition) is 4. The number of piperidine rings is 1. The molecule has 1 aromatic rings. The van der Waals surface area contributed by atoms with Crippen LogP contribution in [0.1, 0.15) is 18.4 Å². The first kappa shape index (κ1) is 16.5. The fourth-order valence-corrected chi connectivity index (χ4v) is 4.17. The highest BCUT2D eigenvalue weighted by atomic mass is 32.2. The van der Waals surface area contributed by atoms with E-state index in [0.717, 1.165) is 62.6 Å². The Balaban J connectivity index is 1.50. The highest BCUT2D eigenvalue weighted by Gasteiger charge is 2.24. The molecule has 2 aliphatic rings. The molecule has 0 radical (unpaired) electrons. The Labute approximate surface area is 142 Å². The Morgan fingerprint density at radius 1 is 1.30 bits per heavy atom. The number of benzene rings is 1. The molecule has 126 valence electrons. The summed E-state index contributed by atoms with van der Waals surface area (Å²) in [6.07, 6.45) is 2.14. The number of rotatable bonds is 3. The van der Waals surface area contributed by atoms with Crippen LogP contribution in [-0.2, 0) is 6.54 Å². The van der Waals surface area contributed by atoms with Crippen LogP contribution in [0.4, 0.5) is 4.79 Å². The lowest BCUT2D eigenvalue weighted by molar-refractivity contribution is 0.165. The van der Waals surface area contributed by atoms with Gasteiger partial charge in [-0.25, -0.2) is 4.79 Å². The second-order valence-corrected chi connectivity index (χ2v) is 7.52. The molecule has 23 heavy (non-hydrogen) atoms. The first-order valence-electron chi connectivity index (χ1n) is 8.34. The largest absolute Gasteiger partial charge is 0.508 e. The van der Waals surface area contributed by atoms with Crippen molar-refractivity contribution in [2.45, 2.75) is 25.4 Å². The third-order valence-corrected chi connectivity index (χ3v) is 5.39. The summed E-state index contributed by atoms with van der Waals surface area (Å²) in [4.78, 5) is 16.6. The summed E-state index contributed by atoms with van der Waals surface area (Å²) in [6, 6.07) is 7.74. The number of hydrogen-bond donors (Lipinski definition) is 2. The highest BCUT2D eigenvalue weighted by Crippen LogP contribution is 2.17. The van der Waals surface area contributed by atoms with Crippen LogP contribution in [0.2, 0.25) is 0 Å². The number of likely N-dealkylation sites (tertiary alicyclic amines) is 1. The monoisotopic (exact) mass is 335 g/mol. The Hall–Kier alpha value is -1.40. The van der Waals surface area contributed by atoms with Gasteiger partial charge in [0, 0.05) is 43.7 Å². The molecule has 3 rings (SSSR count). The van der Waals surface area contributed by atoms with Crippen LogP contribution in [0.5, 0.6) is 5.75 Å². The predicted molar refractivity (Wildman–Crippen MR) is 93.8 cm³/mol. The number of nitrogens with zero attached hydrogens (tertiary/aromatic N) is 2. The van der Waals surface area contributed by atoms with E-state index >= 15 is 0 Å². The van der Waals surface area contributed by atoms with E-state index in [-0.39, 0.29) is 12.1 Å². The maximum absolute atomic E-state index is 12.3. The molecular weight excluding hydrogens is 310 g/mol. The molecule has 2 saturated heterocycles. The number of thioether (sulfide) groups is 1. The van der Waals surface area contributed by atoms with Gasteiger partial charge < -0.3 is 15.3 Å². The average Bonchev–Trinajstić information content (AvgIpc) is 2.56. The lowest BCUT2D eigenvalue weighted by Gasteiger charge is -2.35. The molecule has 1 unspecified atom stereocenters. The molecule has 0 saturated carbocycles. The van der Waals surface area contributed by atoms with Crippen molar-refractivity contribution in [1.29, 1.82) is 0 Å². The van der Waals surface area contributed by atoms with Crippen LogP contribution in [0.25, 0.3) is 0 Å². The zero-order chi connectivity index (χ0) is 16.1. The molecule has 2 aliphatic heterocycles. The van der Waals surface area contributed by atoms with E-state index < -0.39 is 0 Å². The summed E-state index contributed by atoms with van der Waals surface area (Å²) in [5, 5.41) is 12.8. The van der Waals surface area contributed by atoms with Crippen molar-refractivity contribution in [2.75, 3.05) is 37.7 Å². The third kappa shape index (κ3) is 4.78. The molecule has 2 amide bonds. The Morgan fingerprint density at radius 3 is 2.91 bits per heavy atom. The van der Waals surface area contributed by atoms with Gasteiger partial charge in [-0.05, 0) is 37.1 Å². The van der Waals surface area contributed by atoms with Gasteiger partial charge in [-0.15, -0.1) is 0 Å². The average molecular weight is 335 g/mol. The topological polar surface area (TPSA) is 55.8 Å². The molecule has 2 fully saturated rings. The van der Waals surface area contributed by atoms with Gasteiger partial charge in [0.25, 0.3) is 0 Å². The van der Waals surface area contributed by atoms with Gasteiger partial charge in [0.2, 0.25) is 0 Å². The quantitative estimate of drug-likeness (QED) is 0.888. The lowest BCUT2D eigenvalue weighted by atomic mass is 10.0. The van der Waals surface area contributed by atoms with Gasteiger partial charge in [-0.2, -0.15) is 11.8 Å². The Bertz CT molecular complexity index is 534. The maximum atomic E-state index is 12.3. The van der Waals surface area contributed by atoms with Crippen LogP contribution in [0, 0.1) is 0 Å². The zero-order valence-corrected chi connectivity index (χ0v) is 14.2. The molecule has 0 aliphatic carbocycles. The second-order valence-electron chi connectivity index (χ2n) is 6.29. The summed E-state index contributed by atoms with van der Waals surface area (Å²) < 4.78 is 0. The molecule has 0 aromatic heterocycles. The number of carbonyl (C=O) groups is 1. The van der Waals surface area contributed by atoms with E-state index in [0.29, 0.717) is 5.75 Å². The number of phenolic OH excluding ortho intramolecular Hbond substituents is 1. The fraction of sp³-hybridized carbons (Fsp3) is 0.588. The van der Waals surface area contributed by atoms with Crippen LogP contribution in [-0.4, -0.2) is 64.7 Å². The summed E-state index contributed by atoms with van der Waals surface area (Å²) in [5.74, 6) is 2.40. The molecule has 1 atom stereocenters. The smallest absolute Gasteiger partial charge is 0.317 e. The van der Waals surface area contributed by atoms with Gasteiger partial charge in [-0.3, -0.25) is 4.90 Å². The minimum atomic E-state index is 0.0921. The van der Waals surface area contributed by atoms with E-state index in [9.17, 15) is 9.90 Å². The molecule has 2 heterocycles. The first-order chi connectivity index (χ1) is 11.2. The standard InChI is InChI=1S/C17H25N3O2S/c21-16-5-1-3-14(11-16)12-19-6-2-4-15(13-19)18-17(22)20-7-9-23-10-8-20/h1,3,5,11,15,21H,2,4,6-10,12-13H2,(H,18,22). The number of urea groups is 1. The summed E-state index contributed by atoms with van der Waals surface area (Å²) in [6.45, 7) is 4.46. The van der Waals surface area contributed by atoms with Crippen molar-refractivity contribution in [1.82, 2.24) is 15.1 Å². The molecule has 2 N–H and O–H groups in total. The fourth-order valence-electron chi connectivity index (χ4n) is 3.26. The number of aromatic hydroxyl groups is 1. The van der Waals surface area contributed by atoms with Crippen molar-refractivity contribution >= 4 is 17.8 Å². The van der Waals surface area contributed by atoms with E-state index in [2.05, 4.69) is 10.2 Å². The summed E-state index contributed by atoms with van der Waals surface area (Å²) in [5.41, 5.74) is 1.12. The van der Waals surface area contributed by atoms with Crippen molar-refractivity contribution in [3.8, 4) is 5.75 Å². The van der Waals surface area contributed by atoms with Gasteiger partial charge in [0.05, 0.1) is 0 Å². The molecule has 5 nitrogen and oxygen atoms in total. The lowest BCUT2D eigenvalue weighted by Crippen LogP contribution is -2.52. The highest BCUT2D eigenvalue weighted by molar-refractivity contribution is 7.99. The number of amides is 2. The molecular formula is C17H25N3O2S. The Morgan fingerprint density at radius 2 is 2.13 bits per heavy atom. The number of phenols is 1. The minimum Gasteiger partial charge on any atom is -0.508 e. The summed E-state index contributed by atoms with van der Waals surface area (Å²) in [7, 11) is 0. The van der Waals surface area contributed by atoms with Crippen LogP contribution >= 0.6 is 11.8 Å². The van der Waals surface area contributed by atoms with Crippen molar-refractivity contribution in [3.63, 3.8) is 0 Å². The van der Waals surface area contributed by atoms with E-state index in [1.807, 2.05) is 34.9 Å². The number of nitrogens with one attached hydrogen (secondary N) is 1. The first-order valence-corrected chi connectivity index (χ1v) is 9.49. The van der Waals surface area contributed by atoms with Crippen LogP contribution in [0.15, 0.2) is 24.3 Å². The normalized spacial score (nSPS) is 22.8. The molecule has 0 bridgehead atoms. The minimum absolute atomic E-state index is 0.0921. The zero-order valence-electron chi connectivity index (χ0n) is 13.4. The van der Waals surface area contributed by atoms with Crippen molar-refractivity contribution in [3.05, 3.63) is 29.8 Å². The SMILES string of the molecule is O=C(NC1CCCN(Cc2cccc(O)c2)C1)N1CCSCC1. The molecule has 0 spiro atoms.